The second-order valence-corrected chi connectivity index (χ2v) is 3.29. The van der Waals surface area contributed by atoms with E-state index in [0.29, 0.717) is 6.54 Å². The second-order valence-electron chi connectivity index (χ2n) is 3.29. The van der Waals surface area contributed by atoms with E-state index in [1.807, 2.05) is 6.92 Å². The summed E-state index contributed by atoms with van der Waals surface area (Å²) in [4.78, 5) is 15.6. The first kappa shape index (κ1) is 8.29. The summed E-state index contributed by atoms with van der Waals surface area (Å²) in [5.41, 5.74) is 7.49. The average molecular weight is 179 g/mol. The Morgan fingerprint density at radius 1 is 1.54 bits per heavy atom. The van der Waals surface area contributed by atoms with E-state index in [0.717, 1.165) is 30.7 Å². The van der Waals surface area contributed by atoms with Crippen molar-refractivity contribution in [3.05, 3.63) is 21.7 Å². The highest BCUT2D eigenvalue weighted by Gasteiger charge is 2.18. The Hall–Kier alpha value is -1.32. The van der Waals surface area contributed by atoms with Gasteiger partial charge in [-0.1, -0.05) is 0 Å². The highest BCUT2D eigenvalue weighted by Crippen LogP contribution is 2.18. The van der Waals surface area contributed by atoms with Gasteiger partial charge in [0.2, 0.25) is 0 Å². The summed E-state index contributed by atoms with van der Waals surface area (Å²) in [6, 6.07) is 0. The maximum atomic E-state index is 11.5. The Kier molecular flexibility index (Phi) is 1.83. The minimum absolute atomic E-state index is 0.136. The van der Waals surface area contributed by atoms with Gasteiger partial charge in [0.05, 0.1) is 5.69 Å². The summed E-state index contributed by atoms with van der Waals surface area (Å²) in [5.74, 6) is 0.141. The van der Waals surface area contributed by atoms with Crippen molar-refractivity contribution in [1.82, 2.24) is 9.55 Å². The van der Waals surface area contributed by atoms with Crippen LogP contribution in [0.25, 0.3) is 0 Å². The van der Waals surface area contributed by atoms with Gasteiger partial charge in [0.25, 0.3) is 5.56 Å². The minimum atomic E-state index is -0.136. The molecule has 0 saturated heterocycles. The van der Waals surface area contributed by atoms with Crippen LogP contribution in [-0.2, 0) is 19.4 Å². The van der Waals surface area contributed by atoms with Crippen LogP contribution >= 0.6 is 0 Å². The molecule has 4 heteroatoms. The van der Waals surface area contributed by atoms with E-state index in [9.17, 15) is 4.79 Å². The van der Waals surface area contributed by atoms with Crippen LogP contribution in [0.5, 0.6) is 0 Å². The quantitative estimate of drug-likeness (QED) is 0.676. The van der Waals surface area contributed by atoms with Gasteiger partial charge in [-0.3, -0.25) is 4.79 Å². The van der Waals surface area contributed by atoms with Gasteiger partial charge in [0, 0.05) is 12.2 Å². The molecule has 0 spiro atoms. The molecule has 0 saturated carbocycles. The van der Waals surface area contributed by atoms with E-state index in [1.165, 1.54) is 0 Å². The van der Waals surface area contributed by atoms with Gasteiger partial charge < -0.3 is 10.3 Å². The summed E-state index contributed by atoms with van der Waals surface area (Å²) < 4.78 is 1.74. The monoisotopic (exact) mass is 179 g/mol. The predicted molar refractivity (Wildman–Crippen MR) is 50.6 cm³/mol. The Labute approximate surface area is 76.4 Å². The standard InChI is InChI=1S/C9H13N3O/c1-2-12-7-5-3-4-6(7)11-8(10)9(12)13/h2-5H2,1H3,(H2,10,11). The molecular formula is C9H13N3O. The molecule has 13 heavy (non-hydrogen) atoms. The molecule has 1 aromatic heterocycles. The van der Waals surface area contributed by atoms with Crippen molar-refractivity contribution < 1.29 is 0 Å². The van der Waals surface area contributed by atoms with Crippen molar-refractivity contribution in [1.29, 1.82) is 0 Å². The van der Waals surface area contributed by atoms with Crippen molar-refractivity contribution in [3.8, 4) is 0 Å². The topological polar surface area (TPSA) is 60.9 Å². The van der Waals surface area contributed by atoms with Crippen molar-refractivity contribution in [2.45, 2.75) is 32.7 Å². The average Bonchev–Trinajstić information content (AvgIpc) is 2.54. The van der Waals surface area contributed by atoms with Crippen molar-refractivity contribution in [3.63, 3.8) is 0 Å². The lowest BCUT2D eigenvalue weighted by Crippen LogP contribution is -2.27. The van der Waals surface area contributed by atoms with Gasteiger partial charge in [0.15, 0.2) is 5.82 Å². The van der Waals surface area contributed by atoms with Crippen LogP contribution in [0.3, 0.4) is 0 Å². The van der Waals surface area contributed by atoms with Crippen LogP contribution in [0.2, 0.25) is 0 Å². The number of rotatable bonds is 1. The zero-order valence-corrected chi connectivity index (χ0v) is 7.71. The molecular weight excluding hydrogens is 166 g/mol. The largest absolute Gasteiger partial charge is 0.379 e. The lowest BCUT2D eigenvalue weighted by atomic mass is 10.3. The molecule has 0 aromatic carbocycles. The van der Waals surface area contributed by atoms with Crippen LogP contribution < -0.4 is 11.3 Å². The predicted octanol–water partition coefficient (Wildman–Crippen LogP) is 0.334. The third kappa shape index (κ3) is 1.13. The SMILES string of the molecule is CCn1c2c(nc(N)c1=O)CCC2. The normalized spacial score (nSPS) is 14.5. The van der Waals surface area contributed by atoms with Gasteiger partial charge in [-0.2, -0.15) is 0 Å². The van der Waals surface area contributed by atoms with Crippen molar-refractivity contribution in [2.75, 3.05) is 5.73 Å². The fraction of sp³-hybridized carbons (Fsp3) is 0.556. The van der Waals surface area contributed by atoms with E-state index >= 15 is 0 Å². The smallest absolute Gasteiger partial charge is 0.293 e. The number of hydrogen-bond acceptors (Lipinski definition) is 3. The molecule has 1 heterocycles. The summed E-state index contributed by atoms with van der Waals surface area (Å²) in [7, 11) is 0. The zero-order valence-electron chi connectivity index (χ0n) is 7.71. The lowest BCUT2D eigenvalue weighted by molar-refractivity contribution is 0.676. The molecule has 1 aliphatic carbocycles. The summed E-state index contributed by atoms with van der Waals surface area (Å²) in [5, 5.41) is 0. The molecule has 0 radical (unpaired) electrons. The van der Waals surface area contributed by atoms with E-state index < -0.39 is 0 Å². The molecule has 0 atom stereocenters. The molecule has 0 fully saturated rings. The molecule has 2 rings (SSSR count). The van der Waals surface area contributed by atoms with Crippen LogP contribution in [0, 0.1) is 0 Å². The second kappa shape index (κ2) is 2.87. The van der Waals surface area contributed by atoms with Gasteiger partial charge in [-0.05, 0) is 26.2 Å². The van der Waals surface area contributed by atoms with E-state index in [4.69, 9.17) is 5.73 Å². The Morgan fingerprint density at radius 2 is 2.31 bits per heavy atom. The van der Waals surface area contributed by atoms with E-state index in [2.05, 4.69) is 4.98 Å². The van der Waals surface area contributed by atoms with Crippen LogP contribution in [0.4, 0.5) is 5.82 Å². The molecule has 4 nitrogen and oxygen atoms in total. The number of nitrogen functional groups attached to an aromatic ring is 1. The number of nitrogens with zero attached hydrogens (tertiary/aromatic N) is 2. The summed E-state index contributed by atoms with van der Waals surface area (Å²) in [6.45, 7) is 2.65. The van der Waals surface area contributed by atoms with Gasteiger partial charge in [-0.15, -0.1) is 0 Å². The van der Waals surface area contributed by atoms with Gasteiger partial charge in [0.1, 0.15) is 0 Å². The third-order valence-electron chi connectivity index (χ3n) is 2.52. The number of fused-ring (bicyclic) bond motifs is 1. The fourth-order valence-corrected chi connectivity index (χ4v) is 1.91. The number of nitrogens with two attached hydrogens (primary N) is 1. The number of hydrogen-bond donors (Lipinski definition) is 1. The Morgan fingerprint density at radius 3 is 3.00 bits per heavy atom. The highest BCUT2D eigenvalue weighted by molar-refractivity contribution is 5.31. The number of anilines is 1. The highest BCUT2D eigenvalue weighted by atomic mass is 16.1. The summed E-state index contributed by atoms with van der Waals surface area (Å²) >= 11 is 0. The Balaban J connectivity index is 2.72. The maximum absolute atomic E-state index is 11.5. The molecule has 0 amide bonds. The minimum Gasteiger partial charge on any atom is -0.379 e. The van der Waals surface area contributed by atoms with E-state index in [1.54, 1.807) is 4.57 Å². The van der Waals surface area contributed by atoms with Crippen LogP contribution in [0.15, 0.2) is 4.79 Å². The van der Waals surface area contributed by atoms with Crippen LogP contribution in [-0.4, -0.2) is 9.55 Å². The zero-order chi connectivity index (χ0) is 9.42. The molecule has 1 aromatic rings. The summed E-state index contributed by atoms with van der Waals surface area (Å²) in [6.07, 6.45) is 3.01. The van der Waals surface area contributed by atoms with Crippen LogP contribution in [0.1, 0.15) is 24.7 Å². The Bertz CT molecular complexity index is 395. The maximum Gasteiger partial charge on any atom is 0.293 e. The first-order valence-corrected chi connectivity index (χ1v) is 4.62. The first-order valence-electron chi connectivity index (χ1n) is 4.62. The number of aryl methyl sites for hydroxylation is 1. The van der Waals surface area contributed by atoms with Gasteiger partial charge in [-0.25, -0.2) is 4.98 Å². The molecule has 1 aliphatic rings. The lowest BCUT2D eigenvalue weighted by Gasteiger charge is -2.09. The molecule has 0 aliphatic heterocycles. The fourth-order valence-electron chi connectivity index (χ4n) is 1.91. The van der Waals surface area contributed by atoms with E-state index in [-0.39, 0.29) is 11.4 Å². The number of aromatic nitrogens is 2. The third-order valence-corrected chi connectivity index (χ3v) is 2.52. The van der Waals surface area contributed by atoms with Crippen molar-refractivity contribution >= 4 is 5.82 Å². The van der Waals surface area contributed by atoms with Crippen molar-refractivity contribution in [2.24, 2.45) is 0 Å². The molecule has 0 unspecified atom stereocenters. The molecule has 2 N–H and O–H groups in total. The molecule has 70 valence electrons. The first-order chi connectivity index (χ1) is 6.24. The van der Waals surface area contributed by atoms with Gasteiger partial charge >= 0.3 is 0 Å². The molecule has 0 bridgehead atoms.